The average molecular weight is 381 g/mol. The zero-order valence-electron chi connectivity index (χ0n) is 16.3. The molecule has 0 unspecified atom stereocenters. The molecule has 1 aliphatic heterocycles. The fraction of sp³-hybridized carbons (Fsp3) is 0.364. The van der Waals surface area contributed by atoms with Crippen molar-refractivity contribution in [2.45, 2.75) is 19.9 Å². The molecule has 148 valence electrons. The van der Waals surface area contributed by atoms with Gasteiger partial charge in [-0.25, -0.2) is 0 Å². The summed E-state index contributed by atoms with van der Waals surface area (Å²) in [6.45, 7) is 6.36. The molecule has 1 heterocycles. The zero-order valence-corrected chi connectivity index (χ0v) is 16.3. The Kier molecular flexibility index (Phi) is 7.03. The lowest BCUT2D eigenvalue weighted by Gasteiger charge is -2.34. The van der Waals surface area contributed by atoms with Gasteiger partial charge in [-0.1, -0.05) is 30.3 Å². The zero-order chi connectivity index (χ0) is 19.8. The molecule has 2 amide bonds. The van der Waals surface area contributed by atoms with E-state index in [0.717, 1.165) is 25.4 Å². The topological polar surface area (TPSA) is 61.9 Å². The van der Waals surface area contributed by atoms with Gasteiger partial charge >= 0.3 is 0 Å². The Balaban J connectivity index is 1.41. The standard InChI is InChI=1S/C22H27N3O3/c1-2-28-20-10-8-19(9-11-20)23-21(26)16-22(27)25-14-12-24(13-15-25)17-18-6-4-3-5-7-18/h3-11H,2,12-17H2,1H3,(H,23,26). The summed E-state index contributed by atoms with van der Waals surface area (Å²) in [7, 11) is 0. The monoisotopic (exact) mass is 381 g/mol. The molecule has 1 aliphatic rings. The minimum absolute atomic E-state index is 0.122. The van der Waals surface area contributed by atoms with Crippen LogP contribution in [0.5, 0.6) is 5.75 Å². The summed E-state index contributed by atoms with van der Waals surface area (Å²) in [6, 6.07) is 17.5. The molecule has 0 spiro atoms. The lowest BCUT2D eigenvalue weighted by molar-refractivity contribution is -0.136. The summed E-state index contributed by atoms with van der Waals surface area (Å²) < 4.78 is 5.38. The molecule has 1 saturated heterocycles. The highest BCUT2D eigenvalue weighted by Crippen LogP contribution is 2.16. The second kappa shape index (κ2) is 9.90. The molecule has 0 saturated carbocycles. The summed E-state index contributed by atoms with van der Waals surface area (Å²) in [6.07, 6.45) is -0.133. The highest BCUT2D eigenvalue weighted by molar-refractivity contribution is 6.03. The van der Waals surface area contributed by atoms with Gasteiger partial charge in [-0.3, -0.25) is 14.5 Å². The molecule has 2 aromatic rings. The first-order valence-corrected chi connectivity index (χ1v) is 9.71. The van der Waals surface area contributed by atoms with Gasteiger partial charge in [0.25, 0.3) is 0 Å². The van der Waals surface area contributed by atoms with Crippen molar-refractivity contribution in [1.29, 1.82) is 0 Å². The van der Waals surface area contributed by atoms with Crippen LogP contribution in [0, 0.1) is 0 Å². The van der Waals surface area contributed by atoms with Crippen LogP contribution in [-0.2, 0) is 16.1 Å². The van der Waals surface area contributed by atoms with Gasteiger partial charge in [-0.05, 0) is 36.8 Å². The van der Waals surface area contributed by atoms with E-state index in [1.165, 1.54) is 5.56 Å². The fourth-order valence-corrected chi connectivity index (χ4v) is 3.25. The number of amides is 2. The number of carbonyl (C=O) groups excluding carboxylic acids is 2. The van der Waals surface area contributed by atoms with Gasteiger partial charge < -0.3 is 15.0 Å². The van der Waals surface area contributed by atoms with Crippen molar-refractivity contribution in [1.82, 2.24) is 9.80 Å². The summed E-state index contributed by atoms with van der Waals surface area (Å²) in [5, 5.41) is 2.77. The number of carbonyl (C=O) groups is 2. The smallest absolute Gasteiger partial charge is 0.233 e. The van der Waals surface area contributed by atoms with E-state index < -0.39 is 0 Å². The van der Waals surface area contributed by atoms with Crippen LogP contribution in [0.3, 0.4) is 0 Å². The normalized spacial score (nSPS) is 14.5. The molecule has 3 rings (SSSR count). The Labute approximate surface area is 166 Å². The number of rotatable bonds is 7. The van der Waals surface area contributed by atoms with Gasteiger partial charge in [0.2, 0.25) is 11.8 Å². The maximum Gasteiger partial charge on any atom is 0.233 e. The predicted octanol–water partition coefficient (Wildman–Crippen LogP) is 2.76. The number of ether oxygens (including phenoxy) is 1. The van der Waals surface area contributed by atoms with Crippen LogP contribution < -0.4 is 10.1 Å². The van der Waals surface area contributed by atoms with Crippen LogP contribution in [0.15, 0.2) is 54.6 Å². The predicted molar refractivity (Wildman–Crippen MR) is 109 cm³/mol. The van der Waals surface area contributed by atoms with Gasteiger partial charge in [0, 0.05) is 38.4 Å². The molecular weight excluding hydrogens is 354 g/mol. The van der Waals surface area contributed by atoms with E-state index in [9.17, 15) is 9.59 Å². The summed E-state index contributed by atoms with van der Waals surface area (Å²) in [5.41, 5.74) is 1.94. The average Bonchev–Trinajstić information content (AvgIpc) is 2.71. The van der Waals surface area contributed by atoms with Gasteiger partial charge in [0.15, 0.2) is 0 Å². The third-order valence-corrected chi connectivity index (χ3v) is 4.73. The molecule has 0 aliphatic carbocycles. The number of piperazine rings is 1. The molecule has 6 nitrogen and oxygen atoms in total. The summed E-state index contributed by atoms with van der Waals surface area (Å²) in [5.74, 6) is 0.341. The van der Waals surface area contributed by atoms with Crippen molar-refractivity contribution in [2.75, 3.05) is 38.1 Å². The Morgan fingerprint density at radius 3 is 2.29 bits per heavy atom. The Bertz CT molecular complexity index is 769. The third kappa shape index (κ3) is 5.82. The quantitative estimate of drug-likeness (QED) is 0.749. The highest BCUT2D eigenvalue weighted by atomic mass is 16.5. The molecule has 28 heavy (non-hydrogen) atoms. The summed E-state index contributed by atoms with van der Waals surface area (Å²) in [4.78, 5) is 28.7. The lowest BCUT2D eigenvalue weighted by Crippen LogP contribution is -2.48. The number of nitrogens with one attached hydrogen (secondary N) is 1. The second-order valence-electron chi connectivity index (χ2n) is 6.82. The first-order chi connectivity index (χ1) is 13.6. The van der Waals surface area contributed by atoms with Crippen molar-refractivity contribution < 1.29 is 14.3 Å². The number of nitrogens with zero attached hydrogens (tertiary/aromatic N) is 2. The van der Waals surface area contributed by atoms with Crippen molar-refractivity contribution >= 4 is 17.5 Å². The Morgan fingerprint density at radius 1 is 0.964 bits per heavy atom. The van der Waals surface area contributed by atoms with E-state index in [1.807, 2.05) is 25.1 Å². The van der Waals surface area contributed by atoms with Crippen molar-refractivity contribution in [3.8, 4) is 5.75 Å². The van der Waals surface area contributed by atoms with Crippen LogP contribution >= 0.6 is 0 Å². The molecule has 0 atom stereocenters. The van der Waals surface area contributed by atoms with Gasteiger partial charge in [0.1, 0.15) is 12.2 Å². The van der Waals surface area contributed by atoms with Crippen LogP contribution in [0.4, 0.5) is 5.69 Å². The van der Waals surface area contributed by atoms with E-state index in [0.29, 0.717) is 25.4 Å². The Hall–Kier alpha value is -2.86. The number of anilines is 1. The van der Waals surface area contributed by atoms with Gasteiger partial charge in [-0.15, -0.1) is 0 Å². The van der Waals surface area contributed by atoms with Gasteiger partial charge in [0.05, 0.1) is 6.61 Å². The van der Waals surface area contributed by atoms with E-state index >= 15 is 0 Å². The maximum absolute atomic E-state index is 12.4. The molecule has 0 aromatic heterocycles. The second-order valence-corrected chi connectivity index (χ2v) is 6.82. The molecule has 0 radical (unpaired) electrons. The molecule has 2 aromatic carbocycles. The minimum Gasteiger partial charge on any atom is -0.494 e. The third-order valence-electron chi connectivity index (χ3n) is 4.73. The maximum atomic E-state index is 12.4. The first kappa shape index (κ1) is 19.9. The summed E-state index contributed by atoms with van der Waals surface area (Å²) >= 11 is 0. The molecular formula is C22H27N3O3. The SMILES string of the molecule is CCOc1ccc(NC(=O)CC(=O)N2CCN(Cc3ccccc3)CC2)cc1. The number of hydrogen-bond donors (Lipinski definition) is 1. The Morgan fingerprint density at radius 2 is 1.64 bits per heavy atom. The fourth-order valence-electron chi connectivity index (χ4n) is 3.25. The van der Waals surface area contributed by atoms with Crippen molar-refractivity contribution in [3.63, 3.8) is 0 Å². The molecule has 6 heteroatoms. The van der Waals surface area contributed by atoms with Crippen molar-refractivity contribution in [3.05, 3.63) is 60.2 Å². The molecule has 1 N–H and O–H groups in total. The molecule has 0 bridgehead atoms. The first-order valence-electron chi connectivity index (χ1n) is 9.71. The number of benzene rings is 2. The lowest BCUT2D eigenvalue weighted by atomic mass is 10.2. The largest absolute Gasteiger partial charge is 0.494 e. The number of hydrogen-bond acceptors (Lipinski definition) is 4. The van der Waals surface area contributed by atoms with E-state index in [-0.39, 0.29) is 18.2 Å². The van der Waals surface area contributed by atoms with E-state index in [2.05, 4.69) is 22.3 Å². The van der Waals surface area contributed by atoms with Crippen LogP contribution in [0.2, 0.25) is 0 Å². The molecule has 1 fully saturated rings. The minimum atomic E-state index is -0.291. The van der Waals surface area contributed by atoms with Crippen molar-refractivity contribution in [2.24, 2.45) is 0 Å². The van der Waals surface area contributed by atoms with Crippen LogP contribution in [0.1, 0.15) is 18.9 Å². The van der Waals surface area contributed by atoms with Crippen LogP contribution in [-0.4, -0.2) is 54.4 Å². The van der Waals surface area contributed by atoms with E-state index in [1.54, 1.807) is 29.2 Å². The van der Waals surface area contributed by atoms with Crippen LogP contribution in [0.25, 0.3) is 0 Å². The highest BCUT2D eigenvalue weighted by Gasteiger charge is 2.22. The van der Waals surface area contributed by atoms with E-state index in [4.69, 9.17) is 4.74 Å². The van der Waals surface area contributed by atoms with Gasteiger partial charge in [-0.2, -0.15) is 0 Å².